The molecule has 2 aromatic rings. The van der Waals surface area contributed by atoms with Crippen molar-refractivity contribution < 1.29 is 4.79 Å². The Balaban J connectivity index is 1.66. The molecule has 3 rings (SSSR count). The number of hydrogen-bond acceptors (Lipinski definition) is 3. The van der Waals surface area contributed by atoms with Crippen LogP contribution in [0.15, 0.2) is 35.7 Å². The van der Waals surface area contributed by atoms with Crippen LogP contribution in [0.25, 0.3) is 0 Å². The van der Waals surface area contributed by atoms with Crippen LogP contribution in [-0.2, 0) is 6.42 Å². The summed E-state index contributed by atoms with van der Waals surface area (Å²) >= 11 is 3.83. The van der Waals surface area contributed by atoms with Crippen LogP contribution in [0.2, 0.25) is 0 Å². The Morgan fingerprint density at radius 1 is 1.45 bits per heavy atom. The molecule has 1 aliphatic rings. The Hall–Kier alpha value is -0.920. The molecule has 1 atom stereocenters. The zero-order chi connectivity index (χ0) is 13.9. The van der Waals surface area contributed by atoms with Gasteiger partial charge in [0.25, 0.3) is 5.91 Å². The smallest absolute Gasteiger partial charge is 0.252 e. The molecule has 3 nitrogen and oxygen atoms in total. The van der Waals surface area contributed by atoms with Gasteiger partial charge in [-0.1, -0.05) is 24.3 Å². The van der Waals surface area contributed by atoms with Gasteiger partial charge in [0.1, 0.15) is 0 Å². The van der Waals surface area contributed by atoms with E-state index in [1.165, 1.54) is 11.1 Å². The number of benzene rings is 1. The highest BCUT2D eigenvalue weighted by Gasteiger charge is 2.19. The predicted molar refractivity (Wildman–Crippen MR) is 90.3 cm³/mol. The second-order valence-electron chi connectivity index (χ2n) is 4.81. The number of halogens is 1. The van der Waals surface area contributed by atoms with Crippen LogP contribution in [-0.4, -0.2) is 19.0 Å². The summed E-state index contributed by atoms with van der Waals surface area (Å²) in [5.74, 6) is 0.00835. The number of nitrogens with one attached hydrogen (secondary N) is 2. The van der Waals surface area contributed by atoms with Crippen LogP contribution in [0.1, 0.15) is 27.5 Å². The lowest BCUT2D eigenvalue weighted by molar-refractivity contribution is 0.0949. The molecule has 2 N–H and O–H groups in total. The summed E-state index contributed by atoms with van der Waals surface area (Å²) in [5.41, 5.74) is 3.44. The van der Waals surface area contributed by atoms with Gasteiger partial charge in [-0.25, -0.2) is 0 Å². The lowest BCUT2D eigenvalue weighted by Gasteiger charge is -2.27. The zero-order valence-electron chi connectivity index (χ0n) is 10.9. The summed E-state index contributed by atoms with van der Waals surface area (Å²) in [6.45, 7) is 1.59. The molecule has 2 heterocycles. The van der Waals surface area contributed by atoms with Crippen molar-refractivity contribution in [3.8, 4) is 0 Å². The van der Waals surface area contributed by atoms with Crippen molar-refractivity contribution in [2.45, 2.75) is 12.5 Å². The number of hydrogen-bond donors (Lipinski definition) is 2. The summed E-state index contributed by atoms with van der Waals surface area (Å²) in [5, 5.41) is 8.40. The van der Waals surface area contributed by atoms with Gasteiger partial charge in [0, 0.05) is 18.0 Å². The Bertz CT molecular complexity index is 626. The van der Waals surface area contributed by atoms with E-state index in [2.05, 4.69) is 57.5 Å². The van der Waals surface area contributed by atoms with E-state index in [1.807, 2.05) is 11.4 Å². The first-order valence-electron chi connectivity index (χ1n) is 6.57. The molecular weight excluding hydrogens is 383 g/mol. The third kappa shape index (κ3) is 3.05. The molecule has 0 spiro atoms. The van der Waals surface area contributed by atoms with E-state index in [4.69, 9.17) is 0 Å². The quantitative estimate of drug-likeness (QED) is 0.781. The van der Waals surface area contributed by atoms with E-state index in [1.54, 1.807) is 11.3 Å². The highest BCUT2D eigenvalue weighted by atomic mass is 127. The molecule has 1 aromatic heterocycles. The van der Waals surface area contributed by atoms with Crippen molar-refractivity contribution in [3.05, 3.63) is 55.3 Å². The van der Waals surface area contributed by atoms with Gasteiger partial charge in [-0.15, -0.1) is 11.3 Å². The second kappa shape index (κ2) is 6.24. The van der Waals surface area contributed by atoms with Crippen molar-refractivity contribution in [1.29, 1.82) is 0 Å². The topological polar surface area (TPSA) is 41.1 Å². The van der Waals surface area contributed by atoms with Gasteiger partial charge in [0.2, 0.25) is 0 Å². The zero-order valence-corrected chi connectivity index (χ0v) is 13.8. The maximum Gasteiger partial charge on any atom is 0.252 e. The maximum absolute atomic E-state index is 12.1. The van der Waals surface area contributed by atoms with Crippen molar-refractivity contribution >= 4 is 39.8 Å². The average Bonchev–Trinajstić information content (AvgIpc) is 2.91. The number of fused-ring (bicyclic) bond motifs is 1. The van der Waals surface area contributed by atoms with Gasteiger partial charge < -0.3 is 10.6 Å². The van der Waals surface area contributed by atoms with Crippen molar-refractivity contribution in [3.63, 3.8) is 0 Å². The van der Waals surface area contributed by atoms with Gasteiger partial charge in [-0.2, -0.15) is 0 Å². The van der Waals surface area contributed by atoms with Crippen LogP contribution in [0, 0.1) is 2.88 Å². The molecule has 0 saturated carbocycles. The molecule has 104 valence electrons. The summed E-state index contributed by atoms with van der Waals surface area (Å²) in [4.78, 5) is 12.1. The molecule has 20 heavy (non-hydrogen) atoms. The largest absolute Gasteiger partial charge is 0.350 e. The third-order valence-corrected chi connectivity index (χ3v) is 5.30. The number of carbonyl (C=O) groups is 1. The first-order valence-corrected chi connectivity index (χ1v) is 8.53. The van der Waals surface area contributed by atoms with Gasteiger partial charge in [0.05, 0.1) is 8.45 Å². The predicted octanol–water partition coefficient (Wildman–Crippen LogP) is 2.97. The van der Waals surface area contributed by atoms with Crippen LogP contribution < -0.4 is 10.6 Å². The lowest BCUT2D eigenvalue weighted by Crippen LogP contribution is -2.38. The third-order valence-electron chi connectivity index (χ3n) is 3.51. The van der Waals surface area contributed by atoms with Gasteiger partial charge in [-0.05, 0) is 52.7 Å². The van der Waals surface area contributed by atoms with E-state index in [0.717, 1.165) is 21.4 Å². The average molecular weight is 398 g/mol. The van der Waals surface area contributed by atoms with Crippen LogP contribution >= 0.6 is 33.9 Å². The molecule has 1 unspecified atom stereocenters. The molecule has 0 radical (unpaired) electrons. The van der Waals surface area contributed by atoms with Crippen LogP contribution in [0.5, 0.6) is 0 Å². The molecule has 0 bridgehead atoms. The minimum absolute atomic E-state index is 0.00835. The van der Waals surface area contributed by atoms with E-state index >= 15 is 0 Å². The Morgan fingerprint density at radius 3 is 3.10 bits per heavy atom. The van der Waals surface area contributed by atoms with Gasteiger partial charge >= 0.3 is 0 Å². The standard InChI is InChI=1S/C15H15IN2OS/c16-14-7-11(9-20-14)15(19)18-8-13-12-4-2-1-3-10(12)5-6-17-13/h1-4,7,9,13,17H,5-6,8H2,(H,18,19). The lowest BCUT2D eigenvalue weighted by atomic mass is 9.94. The van der Waals surface area contributed by atoms with E-state index in [-0.39, 0.29) is 11.9 Å². The molecule has 1 amide bonds. The molecule has 0 aliphatic carbocycles. The molecule has 1 aliphatic heterocycles. The van der Waals surface area contributed by atoms with E-state index in [0.29, 0.717) is 6.54 Å². The van der Waals surface area contributed by atoms with Crippen molar-refractivity contribution in [2.75, 3.05) is 13.1 Å². The molecule has 0 saturated heterocycles. The number of amides is 1. The Morgan fingerprint density at radius 2 is 2.30 bits per heavy atom. The van der Waals surface area contributed by atoms with Crippen LogP contribution in [0.4, 0.5) is 0 Å². The minimum atomic E-state index is 0.00835. The first-order chi connectivity index (χ1) is 9.74. The maximum atomic E-state index is 12.1. The van der Waals surface area contributed by atoms with Crippen molar-refractivity contribution in [1.82, 2.24) is 10.6 Å². The van der Waals surface area contributed by atoms with Crippen molar-refractivity contribution in [2.24, 2.45) is 0 Å². The fourth-order valence-electron chi connectivity index (χ4n) is 2.50. The summed E-state index contributed by atoms with van der Waals surface area (Å²) in [6, 6.07) is 10.6. The minimum Gasteiger partial charge on any atom is -0.350 e. The summed E-state index contributed by atoms with van der Waals surface area (Å²) in [6.07, 6.45) is 1.06. The fraction of sp³-hybridized carbons (Fsp3) is 0.267. The second-order valence-corrected chi connectivity index (χ2v) is 7.61. The Labute approximate surface area is 135 Å². The highest BCUT2D eigenvalue weighted by Crippen LogP contribution is 2.22. The molecular formula is C15H15IN2OS. The molecule has 0 fully saturated rings. The normalized spacial score (nSPS) is 17.6. The van der Waals surface area contributed by atoms with E-state index < -0.39 is 0 Å². The Kier molecular flexibility index (Phi) is 4.38. The number of rotatable bonds is 3. The molecule has 5 heteroatoms. The highest BCUT2D eigenvalue weighted by molar-refractivity contribution is 14.1. The number of thiophene rings is 1. The van der Waals surface area contributed by atoms with Crippen LogP contribution in [0.3, 0.4) is 0 Å². The number of carbonyl (C=O) groups excluding carboxylic acids is 1. The molecule has 1 aromatic carbocycles. The first kappa shape index (κ1) is 14.0. The van der Waals surface area contributed by atoms with Gasteiger partial charge in [-0.3, -0.25) is 4.79 Å². The SMILES string of the molecule is O=C(NCC1NCCc2ccccc21)c1csc(I)c1. The summed E-state index contributed by atoms with van der Waals surface area (Å²) in [7, 11) is 0. The summed E-state index contributed by atoms with van der Waals surface area (Å²) < 4.78 is 1.13. The fourth-order valence-corrected chi connectivity index (χ4v) is 3.83. The van der Waals surface area contributed by atoms with E-state index in [9.17, 15) is 4.79 Å². The monoisotopic (exact) mass is 398 g/mol. The van der Waals surface area contributed by atoms with Gasteiger partial charge in [0.15, 0.2) is 0 Å².